The van der Waals surface area contributed by atoms with Crippen molar-refractivity contribution in [2.75, 3.05) is 25.6 Å². The summed E-state index contributed by atoms with van der Waals surface area (Å²) in [6.07, 6.45) is 0.495. The molecule has 1 aliphatic rings. The van der Waals surface area contributed by atoms with E-state index >= 15 is 0 Å². The van der Waals surface area contributed by atoms with Crippen LogP contribution >= 0.6 is 0 Å². The third-order valence-electron chi connectivity index (χ3n) is 4.44. The maximum atomic E-state index is 14.5. The largest absolute Gasteiger partial charge is 0.493 e. The molecule has 0 radical (unpaired) electrons. The molecule has 0 unspecified atom stereocenters. The Hall–Kier alpha value is -2.56. The Labute approximate surface area is 167 Å². The molecule has 2 N–H and O–H groups in total. The Morgan fingerprint density at radius 1 is 1.21 bits per heavy atom. The van der Waals surface area contributed by atoms with E-state index in [1.807, 2.05) is 0 Å². The Morgan fingerprint density at radius 3 is 2.59 bits per heavy atom. The minimum Gasteiger partial charge on any atom is -0.493 e. The Morgan fingerprint density at radius 2 is 1.97 bits per heavy atom. The van der Waals surface area contributed by atoms with Crippen molar-refractivity contribution in [1.29, 1.82) is 0 Å². The predicted molar refractivity (Wildman–Crippen MR) is 102 cm³/mol. The fraction of sp³-hybridized carbons (Fsp3) is 0.316. The summed E-state index contributed by atoms with van der Waals surface area (Å²) in [5.74, 6) is -2.64. The number of carbonyl (C=O) groups is 1. The highest BCUT2D eigenvalue weighted by Gasteiger charge is 2.27. The van der Waals surface area contributed by atoms with Gasteiger partial charge in [-0.25, -0.2) is 21.9 Å². The van der Waals surface area contributed by atoms with Crippen molar-refractivity contribution in [3.8, 4) is 5.75 Å². The van der Waals surface area contributed by atoms with Gasteiger partial charge in [-0.15, -0.1) is 0 Å². The molecule has 156 valence electrons. The number of hydrogen-bond donors (Lipinski definition) is 2. The Kier molecular flexibility index (Phi) is 6.15. The van der Waals surface area contributed by atoms with Crippen LogP contribution in [0.15, 0.2) is 35.2 Å². The zero-order valence-electron chi connectivity index (χ0n) is 15.8. The molecule has 2 aromatic rings. The van der Waals surface area contributed by atoms with E-state index in [9.17, 15) is 22.0 Å². The molecule has 29 heavy (non-hydrogen) atoms. The Balaban J connectivity index is 1.94. The van der Waals surface area contributed by atoms with Crippen LogP contribution in [-0.2, 0) is 14.8 Å². The van der Waals surface area contributed by atoms with Crippen molar-refractivity contribution in [2.45, 2.75) is 24.3 Å². The van der Waals surface area contributed by atoms with E-state index < -0.39 is 44.3 Å². The zero-order chi connectivity index (χ0) is 21.2. The molecule has 0 saturated carbocycles. The van der Waals surface area contributed by atoms with Crippen LogP contribution in [0, 0.1) is 18.6 Å². The van der Waals surface area contributed by atoms with E-state index in [2.05, 4.69) is 10.0 Å². The summed E-state index contributed by atoms with van der Waals surface area (Å²) in [6.45, 7) is 2.17. The average Bonchev–Trinajstić information content (AvgIpc) is 3.16. The van der Waals surface area contributed by atoms with Gasteiger partial charge in [-0.2, -0.15) is 0 Å². The van der Waals surface area contributed by atoms with Gasteiger partial charge in [-0.05, 0) is 49.2 Å². The highest BCUT2D eigenvalue weighted by Crippen LogP contribution is 2.28. The summed E-state index contributed by atoms with van der Waals surface area (Å²) >= 11 is 0. The van der Waals surface area contributed by atoms with Gasteiger partial charge in [0.05, 0.1) is 24.2 Å². The topological polar surface area (TPSA) is 93.7 Å². The lowest BCUT2D eigenvalue weighted by atomic mass is 10.1. The molecule has 0 aromatic heterocycles. The van der Waals surface area contributed by atoms with E-state index in [0.717, 1.165) is 12.1 Å². The van der Waals surface area contributed by atoms with E-state index in [1.165, 1.54) is 32.2 Å². The lowest BCUT2D eigenvalue weighted by molar-refractivity contribution is 0.102. The molecule has 1 saturated heterocycles. The molecular formula is C19H20F2N2O5S. The van der Waals surface area contributed by atoms with Crippen LogP contribution < -0.4 is 14.8 Å². The molecular weight excluding hydrogens is 406 g/mol. The summed E-state index contributed by atoms with van der Waals surface area (Å²) in [7, 11) is -2.92. The molecule has 1 fully saturated rings. The van der Waals surface area contributed by atoms with E-state index in [0.29, 0.717) is 18.6 Å². The van der Waals surface area contributed by atoms with Gasteiger partial charge in [0, 0.05) is 18.3 Å². The smallest absolute Gasteiger partial charge is 0.259 e. The summed E-state index contributed by atoms with van der Waals surface area (Å²) in [6, 6.07) is 5.31. The number of hydrogen-bond acceptors (Lipinski definition) is 5. The second-order valence-corrected chi connectivity index (χ2v) is 8.30. The molecule has 1 atom stereocenters. The first kappa shape index (κ1) is 21.2. The number of amides is 1. The maximum absolute atomic E-state index is 14.5. The van der Waals surface area contributed by atoms with E-state index in [4.69, 9.17) is 9.47 Å². The molecule has 10 heteroatoms. The number of anilines is 1. The minimum atomic E-state index is -4.09. The second-order valence-electron chi connectivity index (χ2n) is 6.59. The van der Waals surface area contributed by atoms with Crippen molar-refractivity contribution in [2.24, 2.45) is 0 Å². The van der Waals surface area contributed by atoms with Crippen LogP contribution in [0.2, 0.25) is 0 Å². The van der Waals surface area contributed by atoms with Crippen molar-refractivity contribution >= 4 is 21.6 Å². The summed E-state index contributed by atoms with van der Waals surface area (Å²) in [5, 5.41) is 2.49. The van der Waals surface area contributed by atoms with Gasteiger partial charge in [-0.1, -0.05) is 0 Å². The van der Waals surface area contributed by atoms with E-state index in [-0.39, 0.29) is 17.9 Å². The standard InChI is InChI=1S/C19H20F2N2O5S/c1-11-7-12(3-4-16(11)20)22-19(24)15-8-14(9-17(21)18(15)27-2)29(25,26)23-13-5-6-28-10-13/h3-4,7-9,13,23H,5-6,10H2,1-2H3,(H,22,24)/t13-/m0/s1. The lowest BCUT2D eigenvalue weighted by Crippen LogP contribution is -2.35. The van der Waals surface area contributed by atoms with Gasteiger partial charge >= 0.3 is 0 Å². The molecule has 0 spiro atoms. The fourth-order valence-electron chi connectivity index (χ4n) is 2.94. The van der Waals surface area contributed by atoms with Gasteiger partial charge in [0.2, 0.25) is 10.0 Å². The number of halogens is 2. The first-order valence-electron chi connectivity index (χ1n) is 8.76. The number of methoxy groups -OCH3 is 1. The van der Waals surface area contributed by atoms with Gasteiger partial charge in [0.25, 0.3) is 5.91 Å². The van der Waals surface area contributed by atoms with E-state index in [1.54, 1.807) is 0 Å². The molecule has 2 aromatic carbocycles. The van der Waals surface area contributed by atoms with Crippen molar-refractivity contribution in [3.05, 3.63) is 53.1 Å². The number of nitrogens with one attached hydrogen (secondary N) is 2. The first-order chi connectivity index (χ1) is 13.7. The number of ether oxygens (including phenoxy) is 2. The monoisotopic (exact) mass is 426 g/mol. The minimum absolute atomic E-state index is 0.217. The van der Waals surface area contributed by atoms with Crippen LogP contribution in [0.5, 0.6) is 5.75 Å². The Bertz CT molecular complexity index is 1040. The maximum Gasteiger partial charge on any atom is 0.259 e. The lowest BCUT2D eigenvalue weighted by Gasteiger charge is -2.15. The quantitative estimate of drug-likeness (QED) is 0.741. The SMILES string of the molecule is COc1c(F)cc(S(=O)(=O)N[C@H]2CCOC2)cc1C(=O)Nc1ccc(F)c(C)c1. The fourth-order valence-corrected chi connectivity index (χ4v) is 4.23. The molecule has 0 bridgehead atoms. The second kappa shape index (κ2) is 8.44. The zero-order valence-corrected chi connectivity index (χ0v) is 16.6. The summed E-state index contributed by atoms with van der Waals surface area (Å²) in [5.41, 5.74) is 0.267. The first-order valence-corrected chi connectivity index (χ1v) is 10.2. The summed E-state index contributed by atoms with van der Waals surface area (Å²) < 4.78 is 65.6. The third kappa shape index (κ3) is 4.72. The van der Waals surface area contributed by atoms with Crippen LogP contribution in [0.1, 0.15) is 22.3 Å². The molecule has 0 aliphatic carbocycles. The number of rotatable bonds is 6. The predicted octanol–water partition coefficient (Wildman–Crippen LogP) is 2.60. The van der Waals surface area contributed by atoms with Gasteiger partial charge in [0.1, 0.15) is 5.82 Å². The number of aryl methyl sites for hydroxylation is 1. The summed E-state index contributed by atoms with van der Waals surface area (Å²) in [4.78, 5) is 12.3. The number of sulfonamides is 1. The number of benzene rings is 2. The van der Waals surface area contributed by atoms with Crippen LogP contribution in [0.25, 0.3) is 0 Å². The molecule has 3 rings (SSSR count). The molecule has 7 nitrogen and oxygen atoms in total. The molecule has 1 amide bonds. The van der Waals surface area contributed by atoms with Gasteiger partial charge in [0.15, 0.2) is 11.6 Å². The van der Waals surface area contributed by atoms with Crippen LogP contribution in [-0.4, -0.2) is 40.7 Å². The van der Waals surface area contributed by atoms with Gasteiger partial charge < -0.3 is 14.8 Å². The molecule has 1 aliphatic heterocycles. The number of carbonyl (C=O) groups excluding carboxylic acids is 1. The normalized spacial score (nSPS) is 16.6. The highest BCUT2D eigenvalue weighted by molar-refractivity contribution is 7.89. The highest BCUT2D eigenvalue weighted by atomic mass is 32.2. The molecule has 1 heterocycles. The van der Waals surface area contributed by atoms with Gasteiger partial charge in [-0.3, -0.25) is 4.79 Å². The average molecular weight is 426 g/mol. The third-order valence-corrected chi connectivity index (χ3v) is 5.94. The van der Waals surface area contributed by atoms with Crippen LogP contribution in [0.4, 0.5) is 14.5 Å². The van der Waals surface area contributed by atoms with Crippen molar-refractivity contribution in [1.82, 2.24) is 4.72 Å². The van der Waals surface area contributed by atoms with Crippen molar-refractivity contribution in [3.63, 3.8) is 0 Å². The van der Waals surface area contributed by atoms with Crippen LogP contribution in [0.3, 0.4) is 0 Å². The van der Waals surface area contributed by atoms with Crippen molar-refractivity contribution < 1.29 is 31.5 Å².